The molecule has 3 heteroatoms. The monoisotopic (exact) mass is 234 g/mol. The van der Waals surface area contributed by atoms with E-state index in [0.29, 0.717) is 5.89 Å². The molecule has 0 aliphatic rings. The molecule has 1 aromatic carbocycles. The van der Waals surface area contributed by atoms with Crippen molar-refractivity contribution in [2.75, 3.05) is 0 Å². The number of nitrogens with zero attached hydrogens (tertiary/aromatic N) is 2. The number of fused-ring (bicyclic) bond motifs is 1. The molecule has 0 saturated carbocycles. The Balaban J connectivity index is 2.02. The van der Waals surface area contributed by atoms with Gasteiger partial charge in [0.1, 0.15) is 5.52 Å². The maximum Gasteiger partial charge on any atom is 0.274 e. The molecule has 0 aliphatic carbocycles. The molecule has 0 spiro atoms. The summed E-state index contributed by atoms with van der Waals surface area (Å²) in [5.74, 6) is 6.32. The fourth-order valence-corrected chi connectivity index (χ4v) is 1.70. The van der Waals surface area contributed by atoms with Crippen LogP contribution in [0.5, 0.6) is 0 Å². The van der Waals surface area contributed by atoms with E-state index in [-0.39, 0.29) is 0 Å². The van der Waals surface area contributed by atoms with Gasteiger partial charge in [0.25, 0.3) is 5.89 Å². The largest absolute Gasteiger partial charge is 0.430 e. The number of hydrogen-bond acceptors (Lipinski definition) is 3. The molecule has 0 bridgehead atoms. The highest BCUT2D eigenvalue weighted by atomic mass is 16.3. The van der Waals surface area contributed by atoms with Crippen molar-refractivity contribution < 1.29 is 4.42 Å². The third-order valence-electron chi connectivity index (χ3n) is 2.59. The minimum Gasteiger partial charge on any atom is -0.430 e. The first-order valence-electron chi connectivity index (χ1n) is 5.61. The smallest absolute Gasteiger partial charge is 0.274 e. The molecule has 86 valence electrons. The van der Waals surface area contributed by atoms with Crippen molar-refractivity contribution in [1.29, 1.82) is 0 Å². The molecule has 0 unspecified atom stereocenters. The van der Waals surface area contributed by atoms with E-state index in [1.54, 1.807) is 12.4 Å². The summed E-state index contributed by atoms with van der Waals surface area (Å²) in [6.45, 7) is 1.99. The molecule has 3 rings (SSSR count). The maximum absolute atomic E-state index is 5.62. The number of oxazole rings is 1. The van der Waals surface area contributed by atoms with Crippen LogP contribution in [0.3, 0.4) is 0 Å². The molecule has 0 saturated heterocycles. The highest BCUT2D eigenvalue weighted by molar-refractivity contribution is 5.76. The standard InChI is InChI=1S/C15H10N2O/c1-11-4-2-6-13-15(11)18-14(17-13)8-7-12-5-3-9-16-10-12/h2-6,9-10H,1H3. The van der Waals surface area contributed by atoms with Gasteiger partial charge in [-0.15, -0.1) is 0 Å². The number of hydrogen-bond donors (Lipinski definition) is 0. The Morgan fingerprint density at radius 2 is 2.06 bits per heavy atom. The number of rotatable bonds is 0. The average molecular weight is 234 g/mol. The van der Waals surface area contributed by atoms with Crippen LogP contribution in [0.2, 0.25) is 0 Å². The number of benzene rings is 1. The minimum atomic E-state index is 0.433. The van der Waals surface area contributed by atoms with Crippen molar-refractivity contribution in [3.05, 3.63) is 59.7 Å². The number of aromatic nitrogens is 2. The third kappa shape index (κ3) is 1.96. The van der Waals surface area contributed by atoms with Crippen molar-refractivity contribution in [1.82, 2.24) is 9.97 Å². The van der Waals surface area contributed by atoms with Crippen LogP contribution in [0.15, 0.2) is 47.1 Å². The van der Waals surface area contributed by atoms with Gasteiger partial charge in [-0.3, -0.25) is 4.98 Å². The second kappa shape index (κ2) is 4.34. The minimum absolute atomic E-state index is 0.433. The van der Waals surface area contributed by atoms with Crippen LogP contribution in [0.4, 0.5) is 0 Å². The SMILES string of the molecule is Cc1cccc2nc(C#Cc3cccnc3)oc12. The molecule has 3 aromatic rings. The van der Waals surface area contributed by atoms with Crippen LogP contribution in [-0.4, -0.2) is 9.97 Å². The van der Waals surface area contributed by atoms with Crippen LogP contribution < -0.4 is 0 Å². The predicted molar refractivity (Wildman–Crippen MR) is 69.0 cm³/mol. The second-order valence-corrected chi connectivity index (χ2v) is 3.93. The van der Waals surface area contributed by atoms with Gasteiger partial charge in [-0.1, -0.05) is 18.1 Å². The van der Waals surface area contributed by atoms with Gasteiger partial charge in [0.2, 0.25) is 0 Å². The average Bonchev–Trinajstić information content (AvgIpc) is 2.82. The van der Waals surface area contributed by atoms with E-state index in [0.717, 1.165) is 22.2 Å². The number of aryl methyl sites for hydroxylation is 1. The number of pyridine rings is 1. The molecule has 18 heavy (non-hydrogen) atoms. The van der Waals surface area contributed by atoms with E-state index in [4.69, 9.17) is 4.42 Å². The van der Waals surface area contributed by atoms with E-state index in [9.17, 15) is 0 Å². The molecular weight excluding hydrogens is 224 g/mol. The molecule has 0 amide bonds. The van der Waals surface area contributed by atoms with Crippen molar-refractivity contribution in [3.63, 3.8) is 0 Å². The molecular formula is C15H10N2O. The zero-order valence-electron chi connectivity index (χ0n) is 9.84. The second-order valence-electron chi connectivity index (χ2n) is 3.93. The molecule has 0 aliphatic heterocycles. The van der Waals surface area contributed by atoms with Crippen molar-refractivity contribution >= 4 is 11.1 Å². The Bertz CT molecular complexity index is 748. The summed E-state index contributed by atoms with van der Waals surface area (Å²) in [6, 6.07) is 9.61. The summed E-state index contributed by atoms with van der Waals surface area (Å²) >= 11 is 0. The summed E-state index contributed by atoms with van der Waals surface area (Å²) in [4.78, 5) is 8.33. The fourth-order valence-electron chi connectivity index (χ4n) is 1.70. The zero-order chi connectivity index (χ0) is 12.4. The molecule has 0 radical (unpaired) electrons. The first-order valence-corrected chi connectivity index (χ1v) is 5.61. The molecule has 0 atom stereocenters. The lowest BCUT2D eigenvalue weighted by atomic mass is 10.2. The van der Waals surface area contributed by atoms with Gasteiger partial charge in [-0.25, -0.2) is 4.98 Å². The predicted octanol–water partition coefficient (Wildman–Crippen LogP) is 2.93. The lowest BCUT2D eigenvalue weighted by molar-refractivity contribution is 0.584. The zero-order valence-corrected chi connectivity index (χ0v) is 9.84. The van der Waals surface area contributed by atoms with Crippen LogP contribution in [-0.2, 0) is 0 Å². The van der Waals surface area contributed by atoms with Gasteiger partial charge in [0, 0.05) is 18.0 Å². The van der Waals surface area contributed by atoms with E-state index in [1.807, 2.05) is 37.3 Å². The molecule has 2 heterocycles. The first-order chi connectivity index (χ1) is 8.83. The van der Waals surface area contributed by atoms with E-state index < -0.39 is 0 Å². The summed E-state index contributed by atoms with van der Waals surface area (Å²) < 4.78 is 5.62. The van der Waals surface area contributed by atoms with Gasteiger partial charge in [-0.2, -0.15) is 0 Å². The molecule has 2 aromatic heterocycles. The quantitative estimate of drug-likeness (QED) is 0.561. The highest BCUT2D eigenvalue weighted by Gasteiger charge is 2.04. The van der Waals surface area contributed by atoms with Gasteiger partial charge >= 0.3 is 0 Å². The summed E-state index contributed by atoms with van der Waals surface area (Å²) in [5, 5.41) is 0. The Kier molecular flexibility index (Phi) is 2.54. The lowest BCUT2D eigenvalue weighted by Crippen LogP contribution is -1.76. The van der Waals surface area contributed by atoms with Crippen molar-refractivity contribution in [3.8, 4) is 11.8 Å². The van der Waals surface area contributed by atoms with Gasteiger partial charge in [0.15, 0.2) is 5.58 Å². The van der Waals surface area contributed by atoms with E-state index in [1.165, 1.54) is 0 Å². The Morgan fingerprint density at radius 1 is 1.11 bits per heavy atom. The fraction of sp³-hybridized carbons (Fsp3) is 0.0667. The summed E-state index contributed by atoms with van der Waals surface area (Å²) in [7, 11) is 0. The normalized spacial score (nSPS) is 10.1. The van der Waals surface area contributed by atoms with Crippen LogP contribution >= 0.6 is 0 Å². The van der Waals surface area contributed by atoms with Gasteiger partial charge in [0.05, 0.1) is 0 Å². The molecule has 0 fully saturated rings. The molecule has 3 nitrogen and oxygen atoms in total. The third-order valence-corrected chi connectivity index (χ3v) is 2.59. The van der Waals surface area contributed by atoms with E-state index in [2.05, 4.69) is 21.8 Å². The summed E-state index contributed by atoms with van der Waals surface area (Å²) in [5.41, 5.74) is 3.55. The Labute approximate surface area is 104 Å². The molecule has 0 N–H and O–H groups in total. The lowest BCUT2D eigenvalue weighted by Gasteiger charge is -1.89. The Morgan fingerprint density at radius 3 is 2.83 bits per heavy atom. The van der Waals surface area contributed by atoms with Crippen molar-refractivity contribution in [2.24, 2.45) is 0 Å². The first kappa shape index (κ1) is 10.5. The Hall–Kier alpha value is -2.60. The van der Waals surface area contributed by atoms with E-state index >= 15 is 0 Å². The summed E-state index contributed by atoms with van der Waals surface area (Å²) in [6.07, 6.45) is 3.43. The topological polar surface area (TPSA) is 38.9 Å². The van der Waals surface area contributed by atoms with Crippen molar-refractivity contribution in [2.45, 2.75) is 6.92 Å². The van der Waals surface area contributed by atoms with Crippen LogP contribution in [0.25, 0.3) is 11.1 Å². The van der Waals surface area contributed by atoms with Crippen LogP contribution in [0.1, 0.15) is 17.0 Å². The van der Waals surface area contributed by atoms with Gasteiger partial charge in [-0.05, 0) is 36.6 Å². The van der Waals surface area contributed by atoms with Crippen LogP contribution in [0, 0.1) is 18.8 Å². The number of para-hydroxylation sites is 1. The highest BCUT2D eigenvalue weighted by Crippen LogP contribution is 2.18. The van der Waals surface area contributed by atoms with Gasteiger partial charge < -0.3 is 4.42 Å². The maximum atomic E-state index is 5.62.